The van der Waals surface area contributed by atoms with Crippen molar-refractivity contribution in [1.29, 1.82) is 0 Å². The molecule has 0 heterocycles. The Morgan fingerprint density at radius 1 is 1.16 bits per heavy atom. The molecular weight excluding hydrogens is 262 g/mol. The van der Waals surface area contributed by atoms with E-state index in [0.717, 1.165) is 5.56 Å². The summed E-state index contributed by atoms with van der Waals surface area (Å²) < 4.78 is 0. The maximum absolute atomic E-state index is 11.3. The quantitative estimate of drug-likeness (QED) is 0.750. The van der Waals surface area contributed by atoms with Gasteiger partial charge in [-0.2, -0.15) is 0 Å². The van der Waals surface area contributed by atoms with Gasteiger partial charge in [-0.1, -0.05) is 23.7 Å². The summed E-state index contributed by atoms with van der Waals surface area (Å²) in [5.41, 5.74) is 13.6. The Morgan fingerprint density at radius 3 is 2.47 bits per heavy atom. The number of amides is 1. The van der Waals surface area contributed by atoms with Crippen molar-refractivity contribution in [3.05, 3.63) is 58.6 Å². The fraction of sp³-hybridized carbons (Fsp3) is 0.0714. The molecule has 19 heavy (non-hydrogen) atoms. The second-order valence-corrected chi connectivity index (χ2v) is 4.59. The molecule has 2 rings (SSSR count). The number of carbonyl (C=O) groups excluding carboxylic acids is 1. The van der Waals surface area contributed by atoms with Gasteiger partial charge < -0.3 is 16.8 Å². The minimum absolute atomic E-state index is 0.383. The molecule has 0 saturated carbocycles. The fourth-order valence-electron chi connectivity index (χ4n) is 1.72. The summed E-state index contributed by atoms with van der Waals surface area (Å²) in [4.78, 5) is 11.3. The van der Waals surface area contributed by atoms with Crippen LogP contribution in [0, 0.1) is 0 Å². The first-order valence-corrected chi connectivity index (χ1v) is 6.11. The third-order valence-corrected chi connectivity index (χ3v) is 2.96. The lowest BCUT2D eigenvalue weighted by atomic mass is 10.1. The van der Waals surface area contributed by atoms with Crippen LogP contribution < -0.4 is 16.8 Å². The van der Waals surface area contributed by atoms with E-state index < -0.39 is 5.91 Å². The Morgan fingerprint density at radius 2 is 1.84 bits per heavy atom. The number of nitrogen functional groups attached to an aromatic ring is 1. The molecule has 2 aromatic carbocycles. The van der Waals surface area contributed by atoms with Crippen molar-refractivity contribution in [2.24, 2.45) is 5.73 Å². The zero-order valence-electron chi connectivity index (χ0n) is 10.2. The van der Waals surface area contributed by atoms with Gasteiger partial charge in [0.2, 0.25) is 0 Å². The van der Waals surface area contributed by atoms with E-state index in [1.165, 1.54) is 0 Å². The van der Waals surface area contributed by atoms with E-state index in [1.807, 2.05) is 24.3 Å². The van der Waals surface area contributed by atoms with Crippen molar-refractivity contribution in [3.8, 4) is 0 Å². The Hall–Kier alpha value is -2.20. The molecule has 0 aromatic heterocycles. The van der Waals surface area contributed by atoms with Crippen LogP contribution in [0.15, 0.2) is 42.5 Å². The van der Waals surface area contributed by atoms with E-state index in [9.17, 15) is 4.79 Å². The first-order valence-electron chi connectivity index (χ1n) is 5.74. The number of nitrogens with one attached hydrogen (secondary N) is 1. The zero-order valence-corrected chi connectivity index (χ0v) is 10.9. The van der Waals surface area contributed by atoms with Crippen molar-refractivity contribution in [2.75, 3.05) is 11.1 Å². The van der Waals surface area contributed by atoms with Gasteiger partial charge in [-0.3, -0.25) is 4.79 Å². The van der Waals surface area contributed by atoms with Crippen LogP contribution in [0.1, 0.15) is 15.9 Å². The van der Waals surface area contributed by atoms with Crippen LogP contribution in [0.4, 0.5) is 11.4 Å². The molecule has 0 aliphatic heterocycles. The number of anilines is 2. The normalized spacial score (nSPS) is 10.2. The summed E-state index contributed by atoms with van der Waals surface area (Å²) in [6.07, 6.45) is 0. The van der Waals surface area contributed by atoms with Crippen LogP contribution in [0.2, 0.25) is 5.02 Å². The van der Waals surface area contributed by atoms with Crippen molar-refractivity contribution < 1.29 is 4.79 Å². The summed E-state index contributed by atoms with van der Waals surface area (Å²) in [7, 11) is 0. The predicted molar refractivity (Wildman–Crippen MR) is 78.2 cm³/mol. The molecule has 0 saturated heterocycles. The van der Waals surface area contributed by atoms with Gasteiger partial charge in [0.25, 0.3) is 5.91 Å². The molecule has 0 radical (unpaired) electrons. The van der Waals surface area contributed by atoms with E-state index in [1.54, 1.807) is 18.2 Å². The van der Waals surface area contributed by atoms with Crippen LogP contribution in [0.5, 0.6) is 0 Å². The molecule has 0 spiro atoms. The Bertz CT molecular complexity index is 596. The van der Waals surface area contributed by atoms with Gasteiger partial charge in [0, 0.05) is 22.9 Å². The number of carbonyl (C=O) groups is 1. The number of hydrogen-bond donors (Lipinski definition) is 3. The van der Waals surface area contributed by atoms with Crippen LogP contribution >= 0.6 is 11.6 Å². The molecule has 5 heteroatoms. The molecule has 0 bridgehead atoms. The summed E-state index contributed by atoms with van der Waals surface area (Å²) >= 11 is 5.82. The fourth-order valence-corrected chi connectivity index (χ4v) is 1.85. The molecule has 1 amide bonds. The average Bonchev–Trinajstić information content (AvgIpc) is 2.39. The van der Waals surface area contributed by atoms with Gasteiger partial charge in [-0.05, 0) is 35.9 Å². The largest absolute Gasteiger partial charge is 0.399 e. The summed E-state index contributed by atoms with van der Waals surface area (Å²) in [5, 5.41) is 3.85. The summed E-state index contributed by atoms with van der Waals surface area (Å²) in [6.45, 7) is 0.571. The van der Waals surface area contributed by atoms with Gasteiger partial charge >= 0.3 is 0 Å². The SMILES string of the molecule is NC(=O)c1cc(N)ccc1NCc1ccc(Cl)cc1. The number of halogens is 1. The highest BCUT2D eigenvalue weighted by Crippen LogP contribution is 2.19. The zero-order chi connectivity index (χ0) is 13.8. The first-order chi connectivity index (χ1) is 9.06. The second-order valence-electron chi connectivity index (χ2n) is 4.15. The lowest BCUT2D eigenvalue weighted by molar-refractivity contribution is 0.100. The van der Waals surface area contributed by atoms with Crippen molar-refractivity contribution >= 4 is 28.9 Å². The van der Waals surface area contributed by atoms with Gasteiger partial charge in [-0.25, -0.2) is 0 Å². The lowest BCUT2D eigenvalue weighted by Crippen LogP contribution is -2.14. The predicted octanol–water partition coefficient (Wildman–Crippen LogP) is 2.63. The number of primary amides is 1. The molecule has 4 nitrogen and oxygen atoms in total. The monoisotopic (exact) mass is 275 g/mol. The maximum Gasteiger partial charge on any atom is 0.250 e. The highest BCUT2D eigenvalue weighted by atomic mass is 35.5. The van der Waals surface area contributed by atoms with E-state index in [2.05, 4.69) is 5.32 Å². The minimum atomic E-state index is -0.508. The van der Waals surface area contributed by atoms with Crippen molar-refractivity contribution in [1.82, 2.24) is 0 Å². The first kappa shape index (κ1) is 13.2. The second kappa shape index (κ2) is 5.63. The smallest absolute Gasteiger partial charge is 0.250 e. The van der Waals surface area contributed by atoms with Crippen LogP contribution in [0.25, 0.3) is 0 Å². The van der Waals surface area contributed by atoms with Gasteiger partial charge in [0.1, 0.15) is 0 Å². The van der Waals surface area contributed by atoms with Crippen molar-refractivity contribution in [2.45, 2.75) is 6.54 Å². The lowest BCUT2D eigenvalue weighted by Gasteiger charge is -2.11. The number of hydrogen-bond acceptors (Lipinski definition) is 3. The molecule has 0 unspecified atom stereocenters. The molecule has 2 aromatic rings. The number of nitrogens with two attached hydrogens (primary N) is 2. The Labute approximate surface area is 116 Å². The molecular formula is C14H14ClN3O. The van der Waals surface area contributed by atoms with Gasteiger partial charge in [-0.15, -0.1) is 0 Å². The third kappa shape index (κ3) is 3.39. The van der Waals surface area contributed by atoms with Crippen LogP contribution in [0.3, 0.4) is 0 Å². The Kier molecular flexibility index (Phi) is 3.92. The van der Waals surface area contributed by atoms with Gasteiger partial charge in [0.15, 0.2) is 0 Å². The van der Waals surface area contributed by atoms with Crippen molar-refractivity contribution in [3.63, 3.8) is 0 Å². The highest BCUT2D eigenvalue weighted by molar-refractivity contribution is 6.30. The van der Waals surface area contributed by atoms with E-state index in [0.29, 0.717) is 28.5 Å². The topological polar surface area (TPSA) is 81.1 Å². The molecule has 0 atom stereocenters. The maximum atomic E-state index is 11.3. The van der Waals surface area contributed by atoms with Crippen LogP contribution in [-0.2, 0) is 6.54 Å². The van der Waals surface area contributed by atoms with E-state index in [-0.39, 0.29) is 0 Å². The Balaban J connectivity index is 2.15. The summed E-state index contributed by atoms with van der Waals surface area (Å²) in [5.74, 6) is -0.508. The number of benzene rings is 2. The third-order valence-electron chi connectivity index (χ3n) is 2.71. The van der Waals surface area contributed by atoms with E-state index >= 15 is 0 Å². The standard InChI is InChI=1S/C14H14ClN3O/c15-10-3-1-9(2-4-10)8-18-13-6-5-11(16)7-12(13)14(17)19/h1-7,18H,8,16H2,(H2,17,19). The molecule has 5 N–H and O–H groups in total. The molecule has 98 valence electrons. The molecule has 0 fully saturated rings. The molecule has 0 aliphatic carbocycles. The average molecular weight is 276 g/mol. The molecule has 0 aliphatic rings. The summed E-state index contributed by atoms with van der Waals surface area (Å²) in [6, 6.07) is 12.5. The highest BCUT2D eigenvalue weighted by Gasteiger charge is 2.08. The minimum Gasteiger partial charge on any atom is -0.399 e. The number of rotatable bonds is 4. The van der Waals surface area contributed by atoms with Gasteiger partial charge in [0.05, 0.1) is 5.56 Å². The van der Waals surface area contributed by atoms with E-state index in [4.69, 9.17) is 23.1 Å². The van der Waals surface area contributed by atoms with Crippen LogP contribution in [-0.4, -0.2) is 5.91 Å².